The van der Waals surface area contributed by atoms with Gasteiger partial charge in [0.05, 0.1) is 17.2 Å². The lowest BCUT2D eigenvalue weighted by Gasteiger charge is -2.39. The van der Waals surface area contributed by atoms with Gasteiger partial charge in [-0.05, 0) is 42.6 Å². The van der Waals surface area contributed by atoms with E-state index in [4.69, 9.17) is 0 Å². The molecular formula is C24H22F6N2O. The lowest BCUT2D eigenvalue weighted by atomic mass is 9.90. The van der Waals surface area contributed by atoms with Crippen LogP contribution in [-0.2, 0) is 18.9 Å². The Labute approximate surface area is 186 Å². The fraction of sp³-hybridized carbons (Fsp3) is 0.375. The summed E-state index contributed by atoms with van der Waals surface area (Å²) in [5.74, 6) is 0. The molecule has 1 aliphatic heterocycles. The quantitative estimate of drug-likeness (QED) is 0.453. The van der Waals surface area contributed by atoms with E-state index in [1.54, 1.807) is 0 Å². The number of para-hydroxylation sites is 1. The number of pyridine rings is 1. The molecule has 1 aromatic heterocycles. The fourth-order valence-electron chi connectivity index (χ4n) is 4.49. The monoisotopic (exact) mass is 468 g/mol. The molecule has 4 rings (SSSR count). The zero-order chi connectivity index (χ0) is 23.8. The van der Waals surface area contributed by atoms with E-state index in [0.29, 0.717) is 31.6 Å². The minimum Gasteiger partial charge on any atom is -0.387 e. The molecule has 0 aliphatic carbocycles. The summed E-state index contributed by atoms with van der Waals surface area (Å²) in [6, 6.07) is 12.7. The Balaban J connectivity index is 1.81. The van der Waals surface area contributed by atoms with Gasteiger partial charge in [-0.15, -0.1) is 0 Å². The summed E-state index contributed by atoms with van der Waals surface area (Å²) in [7, 11) is 0. The molecule has 33 heavy (non-hydrogen) atoms. The summed E-state index contributed by atoms with van der Waals surface area (Å²) in [5, 5.41) is 11.1. The first-order valence-corrected chi connectivity index (χ1v) is 10.6. The first kappa shape index (κ1) is 23.5. The molecule has 2 aromatic carbocycles. The first-order chi connectivity index (χ1) is 15.6. The van der Waals surface area contributed by atoms with E-state index in [0.717, 1.165) is 24.5 Å². The summed E-state index contributed by atoms with van der Waals surface area (Å²) in [6.07, 6.45) is -9.13. The number of aromatic nitrogens is 1. The molecule has 0 radical (unpaired) electrons. The Bertz CT molecular complexity index is 1110. The minimum atomic E-state index is -4.96. The van der Waals surface area contributed by atoms with Crippen molar-refractivity contribution in [3.63, 3.8) is 0 Å². The number of aliphatic hydroxyl groups is 1. The molecule has 1 N–H and O–H groups in total. The highest BCUT2D eigenvalue weighted by molar-refractivity contribution is 5.86. The van der Waals surface area contributed by atoms with Crippen molar-refractivity contribution >= 4 is 10.9 Å². The summed E-state index contributed by atoms with van der Waals surface area (Å²) in [5.41, 5.74) is -2.73. The second kappa shape index (κ2) is 8.95. The van der Waals surface area contributed by atoms with Crippen molar-refractivity contribution in [3.8, 4) is 0 Å². The largest absolute Gasteiger partial charge is 0.433 e. The second-order valence-corrected chi connectivity index (χ2v) is 8.26. The number of hydrogen-bond donors (Lipinski definition) is 1. The predicted octanol–water partition coefficient (Wildman–Crippen LogP) is 6.36. The van der Waals surface area contributed by atoms with Gasteiger partial charge in [-0.3, -0.25) is 4.90 Å². The number of hydrogen-bond acceptors (Lipinski definition) is 3. The zero-order valence-corrected chi connectivity index (χ0v) is 17.5. The van der Waals surface area contributed by atoms with Crippen molar-refractivity contribution in [2.45, 2.75) is 50.3 Å². The van der Waals surface area contributed by atoms with E-state index in [1.165, 1.54) is 6.07 Å². The molecule has 0 amide bonds. The maximum absolute atomic E-state index is 13.6. The van der Waals surface area contributed by atoms with E-state index in [-0.39, 0.29) is 10.9 Å². The number of aliphatic hydroxyl groups excluding tert-OH is 1. The number of nitrogens with zero attached hydrogens (tertiary/aromatic N) is 2. The van der Waals surface area contributed by atoms with Gasteiger partial charge in [0.1, 0.15) is 5.69 Å². The molecule has 3 nitrogen and oxygen atoms in total. The smallest absolute Gasteiger partial charge is 0.387 e. The second-order valence-electron chi connectivity index (χ2n) is 8.26. The van der Waals surface area contributed by atoms with Crippen molar-refractivity contribution in [3.05, 3.63) is 77.0 Å². The van der Waals surface area contributed by atoms with Gasteiger partial charge in [-0.25, -0.2) is 4.98 Å². The van der Waals surface area contributed by atoms with Gasteiger partial charge in [0.15, 0.2) is 0 Å². The number of fused-ring (bicyclic) bond motifs is 1. The summed E-state index contributed by atoms with van der Waals surface area (Å²) < 4.78 is 81.3. The van der Waals surface area contributed by atoms with Gasteiger partial charge >= 0.3 is 12.4 Å². The van der Waals surface area contributed by atoms with Gasteiger partial charge in [-0.1, -0.05) is 48.9 Å². The Morgan fingerprint density at radius 2 is 1.67 bits per heavy atom. The van der Waals surface area contributed by atoms with Crippen molar-refractivity contribution in [2.24, 2.45) is 0 Å². The molecule has 0 bridgehead atoms. The van der Waals surface area contributed by atoms with Gasteiger partial charge < -0.3 is 5.11 Å². The molecule has 0 spiro atoms. The number of alkyl halides is 6. The average Bonchev–Trinajstić information content (AvgIpc) is 2.77. The Hall–Kier alpha value is -2.65. The maximum atomic E-state index is 13.6. The number of likely N-dealkylation sites (tertiary alicyclic amines) is 1. The molecular weight excluding hydrogens is 446 g/mol. The van der Waals surface area contributed by atoms with Crippen LogP contribution < -0.4 is 0 Å². The Morgan fingerprint density at radius 1 is 0.939 bits per heavy atom. The van der Waals surface area contributed by atoms with Crippen LogP contribution in [0.25, 0.3) is 10.9 Å². The zero-order valence-electron chi connectivity index (χ0n) is 17.5. The highest BCUT2D eigenvalue weighted by Crippen LogP contribution is 2.41. The predicted molar refractivity (Wildman–Crippen MR) is 111 cm³/mol. The average molecular weight is 468 g/mol. The molecule has 1 saturated heterocycles. The van der Waals surface area contributed by atoms with Crippen LogP contribution in [0.15, 0.2) is 54.6 Å². The number of halogens is 6. The van der Waals surface area contributed by atoms with Crippen LogP contribution in [0, 0.1) is 0 Å². The van der Waals surface area contributed by atoms with Crippen LogP contribution in [0.3, 0.4) is 0 Å². The van der Waals surface area contributed by atoms with Crippen LogP contribution in [0.2, 0.25) is 0 Å². The van der Waals surface area contributed by atoms with Crippen molar-refractivity contribution in [1.29, 1.82) is 0 Å². The van der Waals surface area contributed by atoms with Crippen molar-refractivity contribution in [1.82, 2.24) is 9.88 Å². The van der Waals surface area contributed by atoms with E-state index in [1.807, 2.05) is 35.2 Å². The summed E-state index contributed by atoms with van der Waals surface area (Å²) >= 11 is 0. The highest BCUT2D eigenvalue weighted by atomic mass is 19.4. The van der Waals surface area contributed by atoms with Gasteiger partial charge in [-0.2, -0.15) is 26.3 Å². The lowest BCUT2D eigenvalue weighted by molar-refractivity contribution is -0.142. The first-order valence-electron chi connectivity index (χ1n) is 10.6. The van der Waals surface area contributed by atoms with Crippen LogP contribution in [0.1, 0.15) is 47.8 Å². The number of benzene rings is 2. The van der Waals surface area contributed by atoms with Gasteiger partial charge in [0.2, 0.25) is 0 Å². The van der Waals surface area contributed by atoms with Crippen LogP contribution in [0.4, 0.5) is 26.3 Å². The van der Waals surface area contributed by atoms with Crippen LogP contribution in [-0.4, -0.2) is 27.6 Å². The summed E-state index contributed by atoms with van der Waals surface area (Å²) in [4.78, 5) is 5.30. The van der Waals surface area contributed by atoms with Crippen molar-refractivity contribution in [2.75, 3.05) is 6.54 Å². The van der Waals surface area contributed by atoms with Gasteiger partial charge in [0.25, 0.3) is 0 Å². The Morgan fingerprint density at radius 3 is 2.33 bits per heavy atom. The van der Waals surface area contributed by atoms with Crippen LogP contribution >= 0.6 is 0 Å². The van der Waals surface area contributed by atoms with E-state index in [9.17, 15) is 31.4 Å². The molecule has 1 fully saturated rings. The molecule has 3 aromatic rings. The normalized spacial score (nSPS) is 19.1. The molecule has 2 heterocycles. The maximum Gasteiger partial charge on any atom is 0.433 e. The standard InChI is InChI=1S/C24H22F6N2O/c25-23(26,27)18-10-6-9-16-17(13-20(24(28,29)30)31-21(16)18)22(33)19-11-4-5-12-32(19)14-15-7-2-1-3-8-15/h1-3,6-10,13,19,22,33H,4-5,11-12,14H2/t19-,22-/m0/s1. The molecule has 1 aliphatic rings. The number of rotatable bonds is 4. The van der Waals surface area contributed by atoms with Gasteiger partial charge in [0, 0.05) is 18.0 Å². The molecule has 2 atom stereocenters. The Kier molecular flexibility index (Phi) is 6.37. The molecule has 176 valence electrons. The SMILES string of the molecule is O[C@@H](c1cc(C(F)(F)F)nc2c(C(F)(F)F)cccc12)[C@@H]1CCCCN1Cc1ccccc1. The van der Waals surface area contributed by atoms with Crippen LogP contribution in [0.5, 0.6) is 0 Å². The third-order valence-electron chi connectivity index (χ3n) is 6.04. The van der Waals surface area contributed by atoms with E-state index >= 15 is 0 Å². The van der Waals surface area contributed by atoms with Crippen molar-refractivity contribution < 1.29 is 31.4 Å². The summed E-state index contributed by atoms with van der Waals surface area (Å²) in [6.45, 7) is 1.10. The third kappa shape index (κ3) is 4.99. The molecule has 0 unspecified atom stereocenters. The molecule has 0 saturated carbocycles. The molecule has 9 heteroatoms. The van der Waals surface area contributed by atoms with E-state index < -0.39 is 41.3 Å². The minimum absolute atomic E-state index is 0.129. The van der Waals surface area contributed by atoms with E-state index in [2.05, 4.69) is 4.98 Å². The highest BCUT2D eigenvalue weighted by Gasteiger charge is 2.39. The lowest BCUT2D eigenvalue weighted by Crippen LogP contribution is -2.42. The third-order valence-corrected chi connectivity index (χ3v) is 6.04. The fourth-order valence-corrected chi connectivity index (χ4v) is 4.49. The number of piperidine rings is 1. The topological polar surface area (TPSA) is 36.4 Å².